The van der Waals surface area contributed by atoms with Gasteiger partial charge in [-0.15, -0.1) is 0 Å². The van der Waals surface area contributed by atoms with E-state index in [-0.39, 0.29) is 0 Å². The maximum atomic E-state index is 6.46. The molecule has 2 aromatic heterocycles. The van der Waals surface area contributed by atoms with E-state index in [1.165, 1.54) is 27.4 Å². The van der Waals surface area contributed by atoms with Crippen LogP contribution in [0.5, 0.6) is 0 Å². The molecule has 1 aliphatic carbocycles. The van der Waals surface area contributed by atoms with Gasteiger partial charge in [-0.3, -0.25) is 0 Å². The zero-order chi connectivity index (χ0) is 35.3. The van der Waals surface area contributed by atoms with Crippen molar-refractivity contribution in [3.8, 4) is 27.9 Å². The molecule has 0 bridgehead atoms. The lowest BCUT2D eigenvalue weighted by molar-refractivity contribution is 0.604. The van der Waals surface area contributed by atoms with Crippen molar-refractivity contribution in [2.24, 2.45) is 0 Å². The molecular formula is C50H34N2O. The number of allylic oxidation sites excluding steroid dienone is 4. The lowest BCUT2D eigenvalue weighted by Gasteiger charge is -2.26. The summed E-state index contributed by atoms with van der Waals surface area (Å²) in [5.41, 5.74) is 14.2. The second kappa shape index (κ2) is 12.6. The lowest BCUT2D eigenvalue weighted by Crippen LogP contribution is -2.09. The Morgan fingerprint density at radius 1 is 0.453 bits per heavy atom. The van der Waals surface area contributed by atoms with Gasteiger partial charge >= 0.3 is 0 Å². The fraction of sp³-hybridized carbons (Fsp3) is 0. The summed E-state index contributed by atoms with van der Waals surface area (Å²) in [4.78, 5) is 2.31. The summed E-state index contributed by atoms with van der Waals surface area (Å²) in [6, 6.07) is 60.7. The van der Waals surface area contributed by atoms with Crippen molar-refractivity contribution in [1.29, 1.82) is 0 Å². The van der Waals surface area contributed by atoms with Gasteiger partial charge in [0.05, 0.1) is 16.7 Å². The fourth-order valence-electron chi connectivity index (χ4n) is 7.91. The van der Waals surface area contributed by atoms with E-state index >= 15 is 0 Å². The van der Waals surface area contributed by atoms with Gasteiger partial charge < -0.3 is 13.9 Å². The molecule has 0 fully saturated rings. The Bertz CT molecular complexity index is 2830. The first-order valence-electron chi connectivity index (χ1n) is 18.0. The third kappa shape index (κ3) is 5.13. The normalized spacial score (nSPS) is 12.4. The molecule has 3 nitrogen and oxygen atoms in total. The Balaban J connectivity index is 1.04. The summed E-state index contributed by atoms with van der Waals surface area (Å²) in [7, 11) is 0. The summed E-state index contributed by atoms with van der Waals surface area (Å²) >= 11 is 0. The molecular weight excluding hydrogens is 645 g/mol. The third-order valence-electron chi connectivity index (χ3n) is 10.3. The zero-order valence-corrected chi connectivity index (χ0v) is 29.0. The first-order valence-corrected chi connectivity index (χ1v) is 18.0. The van der Waals surface area contributed by atoms with E-state index in [0.717, 1.165) is 67.3 Å². The molecule has 0 N–H and O–H groups in total. The minimum absolute atomic E-state index is 0.843. The van der Waals surface area contributed by atoms with Gasteiger partial charge in [0.15, 0.2) is 0 Å². The van der Waals surface area contributed by atoms with E-state index in [4.69, 9.17) is 4.42 Å². The van der Waals surface area contributed by atoms with Crippen LogP contribution in [0.2, 0.25) is 0 Å². The van der Waals surface area contributed by atoms with Crippen molar-refractivity contribution in [3.63, 3.8) is 0 Å². The van der Waals surface area contributed by atoms with Crippen LogP contribution >= 0.6 is 0 Å². The van der Waals surface area contributed by atoms with E-state index < -0.39 is 0 Å². The molecule has 2 heterocycles. The van der Waals surface area contributed by atoms with Crippen LogP contribution in [0.4, 0.5) is 17.1 Å². The maximum Gasteiger partial charge on any atom is 0.143 e. The number of rotatable bonds is 6. The van der Waals surface area contributed by atoms with Crippen molar-refractivity contribution >= 4 is 61.5 Å². The summed E-state index contributed by atoms with van der Waals surface area (Å²) in [6.07, 6.45) is 8.06. The number of anilines is 3. The van der Waals surface area contributed by atoms with Gasteiger partial charge in [0.25, 0.3) is 0 Å². The van der Waals surface area contributed by atoms with Gasteiger partial charge in [-0.05, 0) is 77.4 Å². The standard InChI is InChI=1S/C50H34N2O/c1-34-14-5-12-25-48-49(34)44-21-13-20-41(50(44)53-48)36-28-32-39(33-29-36)51(37-15-3-2-4-16-37)38-30-26-35(27-31-38)40-17-6-9-22-45(40)52-46-23-10-7-18-42(46)43-19-8-11-24-47(43)52/h2-33H,1H2. The monoisotopic (exact) mass is 678 g/mol. The van der Waals surface area contributed by atoms with Crippen LogP contribution in [0.3, 0.4) is 0 Å². The highest BCUT2D eigenvalue weighted by Crippen LogP contribution is 2.42. The number of benzene rings is 7. The number of fused-ring (bicyclic) bond motifs is 6. The molecule has 7 aromatic carbocycles. The summed E-state index contributed by atoms with van der Waals surface area (Å²) in [5, 5.41) is 3.59. The minimum Gasteiger partial charge on any atom is -0.455 e. The molecule has 0 saturated heterocycles. The van der Waals surface area contributed by atoms with Crippen LogP contribution in [-0.2, 0) is 0 Å². The number of nitrogens with zero attached hydrogens (tertiary/aromatic N) is 2. The largest absolute Gasteiger partial charge is 0.455 e. The molecule has 0 atom stereocenters. The average Bonchev–Trinajstić information content (AvgIpc) is 3.70. The zero-order valence-electron chi connectivity index (χ0n) is 29.0. The van der Waals surface area contributed by atoms with Gasteiger partial charge in [0, 0.05) is 49.9 Å². The van der Waals surface area contributed by atoms with Crippen LogP contribution in [0.1, 0.15) is 11.3 Å². The van der Waals surface area contributed by atoms with Crippen molar-refractivity contribution in [1.82, 2.24) is 4.57 Å². The smallest absolute Gasteiger partial charge is 0.143 e. The van der Waals surface area contributed by atoms with E-state index in [0.29, 0.717) is 0 Å². The first kappa shape index (κ1) is 30.7. The molecule has 1 aliphatic rings. The van der Waals surface area contributed by atoms with Crippen molar-refractivity contribution < 1.29 is 4.42 Å². The Kier molecular flexibility index (Phi) is 7.29. The van der Waals surface area contributed by atoms with Crippen LogP contribution in [0.25, 0.3) is 72.4 Å². The molecule has 9 aromatic rings. The van der Waals surface area contributed by atoms with E-state index in [9.17, 15) is 0 Å². The molecule has 10 rings (SSSR count). The maximum absolute atomic E-state index is 6.46. The number of furan rings is 1. The van der Waals surface area contributed by atoms with Crippen molar-refractivity contribution in [2.75, 3.05) is 4.90 Å². The highest BCUT2D eigenvalue weighted by molar-refractivity contribution is 6.10. The number of hydrogen-bond donors (Lipinski definition) is 0. The Hall–Kier alpha value is -7.10. The molecule has 3 heteroatoms. The Labute approximate surface area is 308 Å². The van der Waals surface area contributed by atoms with Gasteiger partial charge in [-0.2, -0.15) is 0 Å². The summed E-state index contributed by atoms with van der Waals surface area (Å²) < 4.78 is 8.86. The van der Waals surface area contributed by atoms with Gasteiger partial charge in [0.1, 0.15) is 11.3 Å². The minimum atomic E-state index is 0.843. The first-order chi connectivity index (χ1) is 26.2. The predicted octanol–water partition coefficient (Wildman–Crippen LogP) is 13.9. The average molecular weight is 679 g/mol. The molecule has 0 amide bonds. The summed E-state index contributed by atoms with van der Waals surface area (Å²) in [6.45, 7) is 4.30. The van der Waals surface area contributed by atoms with Gasteiger partial charge in [0.2, 0.25) is 0 Å². The predicted molar refractivity (Wildman–Crippen MR) is 223 cm³/mol. The quantitative estimate of drug-likeness (QED) is 0.175. The molecule has 0 radical (unpaired) electrons. The number of aromatic nitrogens is 1. The highest BCUT2D eigenvalue weighted by atomic mass is 16.3. The van der Waals surface area contributed by atoms with Crippen molar-refractivity contribution in [3.05, 3.63) is 206 Å². The molecule has 0 aliphatic heterocycles. The van der Waals surface area contributed by atoms with Crippen LogP contribution in [-0.4, -0.2) is 4.57 Å². The number of hydrogen-bond acceptors (Lipinski definition) is 2. The highest BCUT2D eigenvalue weighted by Gasteiger charge is 2.20. The Morgan fingerprint density at radius 3 is 1.68 bits per heavy atom. The third-order valence-corrected chi connectivity index (χ3v) is 10.3. The SMILES string of the molecule is C=C1C=CC=Cc2oc3c(-c4ccc(N(c5ccccc5)c5ccc(-c6ccccc6-n6c7ccccc7c7ccccc76)cc5)cc4)cccc3c21. The number of para-hydroxylation sites is 5. The fourth-order valence-corrected chi connectivity index (χ4v) is 7.91. The van der Waals surface area contributed by atoms with Crippen molar-refractivity contribution in [2.45, 2.75) is 0 Å². The molecule has 0 saturated carbocycles. The molecule has 53 heavy (non-hydrogen) atoms. The topological polar surface area (TPSA) is 21.3 Å². The van der Waals surface area contributed by atoms with E-state index in [2.05, 4.69) is 186 Å². The lowest BCUT2D eigenvalue weighted by atomic mass is 9.98. The molecule has 0 unspecified atom stereocenters. The second-order valence-electron chi connectivity index (χ2n) is 13.4. The molecule has 0 spiro atoms. The van der Waals surface area contributed by atoms with Crippen LogP contribution in [0, 0.1) is 0 Å². The van der Waals surface area contributed by atoms with Crippen LogP contribution in [0.15, 0.2) is 199 Å². The van der Waals surface area contributed by atoms with Gasteiger partial charge in [-0.1, -0.05) is 140 Å². The molecule has 250 valence electrons. The van der Waals surface area contributed by atoms with E-state index in [1.807, 2.05) is 24.3 Å². The Morgan fingerprint density at radius 2 is 0.981 bits per heavy atom. The second-order valence-corrected chi connectivity index (χ2v) is 13.4. The van der Waals surface area contributed by atoms with Crippen LogP contribution < -0.4 is 4.90 Å². The summed E-state index contributed by atoms with van der Waals surface area (Å²) in [5.74, 6) is 0.843. The van der Waals surface area contributed by atoms with Gasteiger partial charge in [-0.25, -0.2) is 0 Å². The van der Waals surface area contributed by atoms with E-state index in [1.54, 1.807) is 0 Å².